The number of likely N-dealkylation sites (tertiary alicyclic amines) is 1. The zero-order valence-electron chi connectivity index (χ0n) is 58.2. The molecule has 6 amide bonds. The van der Waals surface area contributed by atoms with Crippen LogP contribution in [0.25, 0.3) is 0 Å². The number of nitro groups is 1. The Morgan fingerprint density at radius 2 is 1.50 bits per heavy atom. The summed E-state index contributed by atoms with van der Waals surface area (Å²) in [6, 6.07) is 8.29. The fraction of sp³-hybridized carbons (Fsp3) is 0.697. The molecular formula is C66H103BrN10O21. The lowest BCUT2D eigenvalue weighted by atomic mass is 9.89. The van der Waals surface area contributed by atoms with E-state index in [1.54, 1.807) is 84.0 Å². The Hall–Kier alpha value is -6.56. The van der Waals surface area contributed by atoms with Crippen molar-refractivity contribution in [3.63, 3.8) is 0 Å². The first-order valence-corrected chi connectivity index (χ1v) is 34.4. The Morgan fingerprint density at radius 1 is 0.837 bits per heavy atom. The van der Waals surface area contributed by atoms with Gasteiger partial charge in [0.2, 0.25) is 35.8 Å². The van der Waals surface area contributed by atoms with Crippen LogP contribution in [0.4, 0.5) is 10.5 Å². The van der Waals surface area contributed by atoms with Gasteiger partial charge in [0.05, 0.1) is 118 Å². The minimum Gasteiger partial charge on any atom is -0.455 e. The number of methoxy groups -OCH3 is 2. The highest BCUT2D eigenvalue weighted by Gasteiger charge is 2.47. The van der Waals surface area contributed by atoms with Crippen molar-refractivity contribution in [1.29, 1.82) is 0 Å². The number of hydrogen-bond acceptors (Lipinski definition) is 23. The molecule has 98 heavy (non-hydrogen) atoms. The first-order chi connectivity index (χ1) is 46.6. The smallest absolute Gasteiger partial charge is 0.410 e. The largest absolute Gasteiger partial charge is 0.455 e. The summed E-state index contributed by atoms with van der Waals surface area (Å²) in [5.41, 5.74) is 0.250. The van der Waals surface area contributed by atoms with Crippen LogP contribution in [-0.2, 0) is 70.1 Å². The van der Waals surface area contributed by atoms with Crippen molar-refractivity contribution in [2.75, 3.05) is 93.0 Å². The highest BCUT2D eigenvalue weighted by molar-refractivity contribution is 9.09. The maximum Gasteiger partial charge on any atom is 0.410 e. The van der Waals surface area contributed by atoms with Gasteiger partial charge in [0.1, 0.15) is 42.6 Å². The molecule has 32 heteroatoms. The second-order valence-corrected chi connectivity index (χ2v) is 26.0. The molecule has 3 aromatic rings. The van der Waals surface area contributed by atoms with Gasteiger partial charge in [-0.3, -0.25) is 39.0 Å². The molecule has 2 fully saturated rings. The number of benzene rings is 2. The molecule has 2 aliphatic heterocycles. The monoisotopic (exact) mass is 1450 g/mol. The van der Waals surface area contributed by atoms with Gasteiger partial charge >= 0.3 is 11.8 Å². The molecule has 1 aromatic heterocycles. The van der Waals surface area contributed by atoms with Gasteiger partial charge in [-0.25, -0.2) is 9.48 Å². The zero-order valence-corrected chi connectivity index (χ0v) is 59.8. The summed E-state index contributed by atoms with van der Waals surface area (Å²) in [5, 5.41) is 82.2. The number of amides is 6. The Labute approximate surface area is 581 Å². The molecule has 8 N–H and O–H groups in total. The van der Waals surface area contributed by atoms with E-state index in [0.29, 0.717) is 57.7 Å². The van der Waals surface area contributed by atoms with Crippen molar-refractivity contribution in [3.8, 4) is 5.75 Å². The molecule has 2 aliphatic rings. The highest BCUT2D eigenvalue weighted by Crippen LogP contribution is 2.36. The number of hydrogen-bond donors (Lipinski definition) is 8. The van der Waals surface area contributed by atoms with Gasteiger partial charge in [0.15, 0.2) is 5.75 Å². The van der Waals surface area contributed by atoms with E-state index < -0.39 is 144 Å². The summed E-state index contributed by atoms with van der Waals surface area (Å²) in [6.07, 6.45) is -10.6. The number of nitrogens with one attached hydrogen (secondary N) is 3. The van der Waals surface area contributed by atoms with E-state index in [1.165, 1.54) is 36.9 Å². The number of likely N-dealkylation sites (N-methyl/N-ethyl adjacent to an activating group) is 2. The van der Waals surface area contributed by atoms with Crippen molar-refractivity contribution in [3.05, 3.63) is 81.7 Å². The summed E-state index contributed by atoms with van der Waals surface area (Å²) in [7, 11) is 5.90. The van der Waals surface area contributed by atoms with Crippen molar-refractivity contribution in [2.24, 2.45) is 23.7 Å². The first kappa shape index (κ1) is 82.1. The van der Waals surface area contributed by atoms with Crippen LogP contribution >= 0.6 is 15.9 Å². The third-order valence-corrected chi connectivity index (χ3v) is 18.4. The van der Waals surface area contributed by atoms with E-state index in [0.717, 1.165) is 17.0 Å². The number of halogens is 1. The molecule has 0 bridgehead atoms. The van der Waals surface area contributed by atoms with Crippen LogP contribution in [0.15, 0.2) is 54.7 Å². The van der Waals surface area contributed by atoms with Gasteiger partial charge in [-0.15, -0.1) is 5.10 Å². The van der Waals surface area contributed by atoms with E-state index in [2.05, 4.69) is 42.2 Å². The summed E-state index contributed by atoms with van der Waals surface area (Å²) in [4.78, 5) is 100. The number of carbonyl (C=O) groups is 6. The second kappa shape index (κ2) is 40.6. The number of rotatable bonds is 41. The van der Waals surface area contributed by atoms with Gasteiger partial charge in [-0.1, -0.05) is 112 Å². The van der Waals surface area contributed by atoms with E-state index in [1.807, 2.05) is 19.9 Å². The van der Waals surface area contributed by atoms with Gasteiger partial charge < -0.3 is 89.2 Å². The van der Waals surface area contributed by atoms with E-state index in [-0.39, 0.29) is 79.4 Å². The van der Waals surface area contributed by atoms with Crippen LogP contribution in [0.3, 0.4) is 0 Å². The Bertz CT molecular complexity index is 2990. The molecule has 550 valence electrons. The van der Waals surface area contributed by atoms with Gasteiger partial charge in [0.25, 0.3) is 0 Å². The van der Waals surface area contributed by atoms with Crippen molar-refractivity contribution in [2.45, 2.75) is 179 Å². The molecule has 0 aliphatic carbocycles. The Kier molecular flexibility index (Phi) is 34.0. The molecule has 0 spiro atoms. The number of alkyl halides is 1. The topological polar surface area (TPSA) is 397 Å². The predicted octanol–water partition coefficient (Wildman–Crippen LogP) is 2.60. The number of carbonyl (C=O) groups excluding carboxylic acids is 6. The van der Waals surface area contributed by atoms with E-state index in [4.69, 9.17) is 37.9 Å². The van der Waals surface area contributed by atoms with Crippen molar-refractivity contribution in [1.82, 2.24) is 45.6 Å². The standard InChI is InChI=1S/C66H103BrN10O21/c1-13-40(6)56(50(91-11)34-53(80)76-24-17-20-46(76)61(92-12)41(7)62(85)69-42(8)57(81)43-18-15-14-16-19-43)73(9)64(87)54(38(2)3)70-63(86)55(39(4)5)74(10)66(88)98-49(33-45-36-75(72-71-45)25-27-94-29-31-95-30-28-93-26-23-68-52(79)35-67)44-21-22-48(47(32-44)77(89)90)96-65-60(84)59(83)58(82)51(37-78)97-65/h14-16,18-19,21-22,32,36,38-42,46,49-51,54-61,65,78,81-84H,13,17,20,23-31,33-35,37H2,1-12H3,(H,68,79)(H,69,85)(H,70,86)/t40-,41+,42+,46-,49?,50+,51+,54-,55-,56-,57+,58-,59-,60+,61+,65?/m0/s1. The SMILES string of the molecule is CC[C@H](C)[C@@H]([C@@H](CC(=O)N1CCC[C@H]1[C@H](OC)[C@@H](C)C(=O)N[C@H](C)[C@@H](O)c1ccccc1)OC)N(C)C(=O)[C@@H](NC(=O)[C@H](C(C)C)N(C)C(=O)OC(Cc1cn(CCOCCOCCOCCNC(=O)CBr)nn1)c1ccc(OC2O[C@H](CO)[C@H](O)[C@H](O)[C@H]2O)c([N+](=O)[O-])c1)C(C)C. The lowest BCUT2D eigenvalue weighted by Gasteiger charge is -2.41. The van der Waals surface area contributed by atoms with Crippen molar-refractivity contribution < 1.29 is 97.1 Å². The van der Waals surface area contributed by atoms with Crippen LogP contribution < -0.4 is 20.7 Å². The predicted molar refractivity (Wildman–Crippen MR) is 358 cm³/mol. The highest BCUT2D eigenvalue weighted by atomic mass is 79.9. The molecule has 5 rings (SSSR count). The summed E-state index contributed by atoms with van der Waals surface area (Å²) < 4.78 is 47.6. The average Bonchev–Trinajstić information content (AvgIpc) is 1.03. The van der Waals surface area contributed by atoms with Gasteiger partial charge in [0, 0.05) is 60.1 Å². The Morgan fingerprint density at radius 3 is 2.10 bits per heavy atom. The van der Waals surface area contributed by atoms with Gasteiger partial charge in [-0.2, -0.15) is 0 Å². The Balaban J connectivity index is 1.32. The van der Waals surface area contributed by atoms with Crippen LogP contribution in [-0.4, -0.2) is 262 Å². The fourth-order valence-electron chi connectivity index (χ4n) is 12.1. The lowest BCUT2D eigenvalue weighted by molar-refractivity contribution is -0.387. The van der Waals surface area contributed by atoms with Crippen molar-refractivity contribution >= 4 is 57.2 Å². The third-order valence-electron chi connectivity index (χ3n) is 17.8. The molecule has 31 nitrogen and oxygen atoms in total. The minimum atomic E-state index is -1.91. The normalized spacial score (nSPS) is 21.0. The zero-order chi connectivity index (χ0) is 72.5. The second-order valence-electron chi connectivity index (χ2n) is 25.4. The number of ether oxygens (including phenoxy) is 8. The summed E-state index contributed by atoms with van der Waals surface area (Å²) in [6.45, 7) is 16.1. The maximum atomic E-state index is 15.0. The number of nitro benzene ring substituents is 1. The summed E-state index contributed by atoms with van der Waals surface area (Å²) >= 11 is 3.08. The number of nitrogens with zero attached hydrogens (tertiary/aromatic N) is 7. The maximum absolute atomic E-state index is 15.0. The molecule has 3 heterocycles. The molecule has 2 aromatic carbocycles. The summed E-state index contributed by atoms with van der Waals surface area (Å²) in [5.74, 6) is -4.52. The molecule has 0 saturated carbocycles. The average molecular weight is 1450 g/mol. The number of aromatic nitrogens is 3. The molecule has 0 radical (unpaired) electrons. The van der Waals surface area contributed by atoms with Crippen LogP contribution in [0.2, 0.25) is 0 Å². The van der Waals surface area contributed by atoms with Crippen LogP contribution in [0.1, 0.15) is 110 Å². The number of aliphatic hydroxyl groups excluding tert-OH is 5. The lowest BCUT2D eigenvalue weighted by Crippen LogP contribution is -2.60. The third kappa shape index (κ3) is 23.0. The molecular weight excluding hydrogens is 1350 g/mol. The minimum absolute atomic E-state index is 0.0379. The molecule has 2 unspecified atom stereocenters. The first-order valence-electron chi connectivity index (χ1n) is 33.2. The quantitative estimate of drug-likeness (QED) is 0.0175. The van der Waals surface area contributed by atoms with E-state index in [9.17, 15) is 59.6 Å². The van der Waals surface area contributed by atoms with E-state index >= 15 is 4.79 Å². The van der Waals surface area contributed by atoms with Crippen LogP contribution in [0.5, 0.6) is 5.75 Å². The molecule has 2 saturated heterocycles. The molecule has 16 atom stereocenters. The fourth-order valence-corrected chi connectivity index (χ4v) is 12.3. The van der Waals surface area contributed by atoms with Gasteiger partial charge in [-0.05, 0) is 54.7 Å². The number of aliphatic hydroxyl groups is 5. The van der Waals surface area contributed by atoms with Crippen LogP contribution in [0, 0.1) is 33.8 Å².